The molecular formula is C13H18N2O5S. The molecule has 8 heteroatoms. The van der Waals surface area contributed by atoms with Gasteiger partial charge in [0.15, 0.2) is 15.9 Å². The zero-order valence-corrected chi connectivity index (χ0v) is 12.6. The van der Waals surface area contributed by atoms with Crippen LogP contribution in [0.25, 0.3) is 0 Å². The molecule has 0 saturated heterocycles. The van der Waals surface area contributed by atoms with E-state index in [1.165, 1.54) is 19.1 Å². The molecule has 0 aromatic heterocycles. The van der Waals surface area contributed by atoms with Crippen molar-refractivity contribution < 1.29 is 22.7 Å². The maximum atomic E-state index is 11.9. The lowest BCUT2D eigenvalue weighted by Gasteiger charge is -2.13. The fourth-order valence-corrected chi connectivity index (χ4v) is 2.60. The number of rotatable bonds is 6. The third-order valence-corrected chi connectivity index (χ3v) is 4.47. The van der Waals surface area contributed by atoms with E-state index in [2.05, 4.69) is 10.1 Å². The zero-order chi connectivity index (χ0) is 16.0. The van der Waals surface area contributed by atoms with Crippen LogP contribution in [0, 0.1) is 0 Å². The summed E-state index contributed by atoms with van der Waals surface area (Å²) in [6, 6.07) is 4.41. The van der Waals surface area contributed by atoms with Crippen molar-refractivity contribution in [3.05, 3.63) is 24.3 Å². The average Bonchev–Trinajstić information content (AvgIpc) is 2.47. The summed E-state index contributed by atoms with van der Waals surface area (Å²) >= 11 is 0. The van der Waals surface area contributed by atoms with Crippen molar-refractivity contribution in [2.75, 3.05) is 17.7 Å². The number of carbonyl (C=O) groups excluding carboxylic acids is 2. The number of hydrogen-bond acceptors (Lipinski definition) is 6. The first-order chi connectivity index (χ1) is 9.83. The monoisotopic (exact) mass is 314 g/mol. The van der Waals surface area contributed by atoms with Crippen LogP contribution in [0.1, 0.15) is 13.8 Å². The van der Waals surface area contributed by atoms with Crippen LogP contribution in [0.5, 0.6) is 0 Å². The predicted octanol–water partition coefficient (Wildman–Crippen LogP) is 0.309. The highest BCUT2D eigenvalue weighted by molar-refractivity contribution is 7.91. The van der Waals surface area contributed by atoms with E-state index in [9.17, 15) is 18.0 Å². The Morgan fingerprint density at radius 3 is 2.48 bits per heavy atom. The van der Waals surface area contributed by atoms with Crippen molar-refractivity contribution in [2.45, 2.75) is 24.8 Å². The number of nitrogens with two attached hydrogens (primary N) is 1. The summed E-state index contributed by atoms with van der Waals surface area (Å²) in [5.74, 6) is -1.80. The lowest BCUT2D eigenvalue weighted by atomic mass is 10.2. The van der Waals surface area contributed by atoms with Crippen LogP contribution >= 0.6 is 0 Å². The standard InChI is InChI=1S/C13H18N2O5S/c1-3-20-13(17)11(14)12(16)15-9-7-5-6-8-10(9)21(18,19)4-2/h5-8,11H,3-4,14H2,1-2H3,(H,15,16). The van der Waals surface area contributed by atoms with E-state index >= 15 is 0 Å². The topological polar surface area (TPSA) is 116 Å². The van der Waals surface area contributed by atoms with Crippen molar-refractivity contribution in [2.24, 2.45) is 5.73 Å². The van der Waals surface area contributed by atoms with E-state index in [-0.39, 0.29) is 22.9 Å². The first-order valence-corrected chi connectivity index (χ1v) is 8.03. The predicted molar refractivity (Wildman–Crippen MR) is 77.4 cm³/mol. The molecule has 0 spiro atoms. The second kappa shape index (κ2) is 7.19. The third-order valence-electron chi connectivity index (χ3n) is 2.68. The summed E-state index contributed by atoms with van der Waals surface area (Å²) < 4.78 is 28.5. The Hall–Kier alpha value is -1.93. The fourth-order valence-electron chi connectivity index (χ4n) is 1.55. The molecule has 0 aliphatic rings. The Bertz CT molecular complexity index is 627. The van der Waals surface area contributed by atoms with Gasteiger partial charge in [0.2, 0.25) is 0 Å². The first-order valence-electron chi connectivity index (χ1n) is 6.38. The minimum atomic E-state index is -3.50. The molecule has 0 fully saturated rings. The molecule has 0 radical (unpaired) electrons. The Morgan fingerprint density at radius 1 is 1.29 bits per heavy atom. The molecule has 1 aromatic rings. The maximum absolute atomic E-state index is 11.9. The number of nitrogens with one attached hydrogen (secondary N) is 1. The zero-order valence-electron chi connectivity index (χ0n) is 11.8. The number of benzene rings is 1. The molecule has 1 rings (SSSR count). The van der Waals surface area contributed by atoms with Gasteiger partial charge in [-0.3, -0.25) is 4.79 Å². The SMILES string of the molecule is CCOC(=O)C(N)C(=O)Nc1ccccc1S(=O)(=O)CC. The van der Waals surface area contributed by atoms with Gasteiger partial charge in [0.25, 0.3) is 5.91 Å². The second-order valence-corrected chi connectivity index (χ2v) is 6.37. The number of ether oxygens (including phenoxy) is 1. The highest BCUT2D eigenvalue weighted by Crippen LogP contribution is 2.22. The molecule has 0 aliphatic carbocycles. The van der Waals surface area contributed by atoms with Crippen LogP contribution < -0.4 is 11.1 Å². The van der Waals surface area contributed by atoms with Crippen molar-refractivity contribution in [3.8, 4) is 0 Å². The summed E-state index contributed by atoms with van der Waals surface area (Å²) in [6.07, 6.45) is 0. The maximum Gasteiger partial charge on any atom is 0.332 e. The van der Waals surface area contributed by atoms with Crippen LogP contribution in [-0.4, -0.2) is 38.7 Å². The molecule has 3 N–H and O–H groups in total. The van der Waals surface area contributed by atoms with E-state index in [4.69, 9.17) is 5.73 Å². The molecular weight excluding hydrogens is 296 g/mol. The summed E-state index contributed by atoms with van der Waals surface area (Å²) in [7, 11) is -3.50. The van der Waals surface area contributed by atoms with Crippen LogP contribution in [-0.2, 0) is 24.2 Å². The molecule has 0 heterocycles. The molecule has 1 amide bonds. The number of sulfone groups is 1. The summed E-state index contributed by atoms with van der Waals surface area (Å²) in [4.78, 5) is 23.2. The summed E-state index contributed by atoms with van der Waals surface area (Å²) in [6.45, 7) is 3.19. The van der Waals surface area contributed by atoms with Gasteiger partial charge in [0.1, 0.15) is 0 Å². The Kier molecular flexibility index (Phi) is 5.86. The van der Waals surface area contributed by atoms with E-state index in [0.29, 0.717) is 0 Å². The number of amides is 1. The Balaban J connectivity index is 2.99. The van der Waals surface area contributed by atoms with Gasteiger partial charge in [0.05, 0.1) is 22.9 Å². The van der Waals surface area contributed by atoms with Crippen LogP contribution in [0.2, 0.25) is 0 Å². The van der Waals surface area contributed by atoms with Crippen LogP contribution in [0.3, 0.4) is 0 Å². The quantitative estimate of drug-likeness (QED) is 0.576. The van der Waals surface area contributed by atoms with Gasteiger partial charge < -0.3 is 15.8 Å². The largest absolute Gasteiger partial charge is 0.464 e. The number of esters is 1. The normalized spacial score (nSPS) is 12.5. The van der Waals surface area contributed by atoms with E-state index in [1.54, 1.807) is 19.1 Å². The summed E-state index contributed by atoms with van der Waals surface area (Å²) in [5.41, 5.74) is 5.54. The van der Waals surface area contributed by atoms with E-state index in [1.807, 2.05) is 0 Å². The van der Waals surface area contributed by atoms with Crippen molar-refractivity contribution >= 4 is 27.4 Å². The minimum Gasteiger partial charge on any atom is -0.464 e. The van der Waals surface area contributed by atoms with Gasteiger partial charge in [-0.1, -0.05) is 19.1 Å². The average molecular weight is 314 g/mol. The van der Waals surface area contributed by atoms with Crippen molar-refractivity contribution in [1.82, 2.24) is 0 Å². The van der Waals surface area contributed by atoms with Gasteiger partial charge in [-0.15, -0.1) is 0 Å². The highest BCUT2D eigenvalue weighted by Gasteiger charge is 2.25. The van der Waals surface area contributed by atoms with Crippen LogP contribution in [0.4, 0.5) is 5.69 Å². The molecule has 1 atom stereocenters. The lowest BCUT2D eigenvalue weighted by Crippen LogP contribution is -2.43. The summed E-state index contributed by atoms with van der Waals surface area (Å²) in [5, 5.41) is 2.35. The number of carbonyl (C=O) groups is 2. The fraction of sp³-hybridized carbons (Fsp3) is 0.385. The second-order valence-electron chi connectivity index (χ2n) is 4.12. The van der Waals surface area contributed by atoms with Gasteiger partial charge in [-0.05, 0) is 19.1 Å². The lowest BCUT2D eigenvalue weighted by molar-refractivity contribution is -0.146. The number of hydrogen-bond donors (Lipinski definition) is 2. The highest BCUT2D eigenvalue weighted by atomic mass is 32.2. The molecule has 0 saturated carbocycles. The minimum absolute atomic E-state index is 0.0168. The molecule has 1 aromatic carbocycles. The Morgan fingerprint density at radius 2 is 1.90 bits per heavy atom. The molecule has 1 unspecified atom stereocenters. The number of para-hydroxylation sites is 1. The first kappa shape index (κ1) is 17.1. The van der Waals surface area contributed by atoms with Gasteiger partial charge in [-0.25, -0.2) is 13.2 Å². The molecule has 0 aliphatic heterocycles. The van der Waals surface area contributed by atoms with E-state index < -0.39 is 27.8 Å². The molecule has 0 bridgehead atoms. The molecule has 21 heavy (non-hydrogen) atoms. The Labute approximate surface area is 123 Å². The van der Waals surface area contributed by atoms with Gasteiger partial charge in [-0.2, -0.15) is 0 Å². The molecule has 7 nitrogen and oxygen atoms in total. The molecule has 116 valence electrons. The van der Waals surface area contributed by atoms with Gasteiger partial charge >= 0.3 is 5.97 Å². The third kappa shape index (κ3) is 4.27. The van der Waals surface area contributed by atoms with Crippen molar-refractivity contribution in [3.63, 3.8) is 0 Å². The number of anilines is 1. The van der Waals surface area contributed by atoms with Crippen LogP contribution in [0.15, 0.2) is 29.2 Å². The van der Waals surface area contributed by atoms with Gasteiger partial charge in [0, 0.05) is 0 Å². The smallest absolute Gasteiger partial charge is 0.332 e. The van der Waals surface area contributed by atoms with Crippen molar-refractivity contribution in [1.29, 1.82) is 0 Å². The van der Waals surface area contributed by atoms with E-state index in [0.717, 1.165) is 0 Å².